The van der Waals surface area contributed by atoms with Crippen molar-refractivity contribution in [3.63, 3.8) is 0 Å². The van der Waals surface area contributed by atoms with E-state index in [4.69, 9.17) is 14.2 Å². The zero-order valence-electron chi connectivity index (χ0n) is 11.9. The molecule has 1 aliphatic heterocycles. The minimum absolute atomic E-state index is 0.0851. The second-order valence-electron chi connectivity index (χ2n) is 5.13. The van der Waals surface area contributed by atoms with E-state index in [0.29, 0.717) is 31.6 Å². The summed E-state index contributed by atoms with van der Waals surface area (Å²) in [6, 6.07) is 0.293. The molecule has 5 nitrogen and oxygen atoms in total. The Labute approximate surface area is 117 Å². The highest BCUT2D eigenvalue weighted by Crippen LogP contribution is 2.37. The van der Waals surface area contributed by atoms with Crippen molar-refractivity contribution >= 4 is 10.8 Å². The number of methoxy groups -OCH3 is 1. The fourth-order valence-corrected chi connectivity index (χ4v) is 4.63. The average Bonchev–Trinajstić information content (AvgIpc) is 2.87. The molecule has 0 aromatic carbocycles. The molecule has 2 aliphatic rings. The maximum atomic E-state index is 12.5. The van der Waals surface area contributed by atoms with Gasteiger partial charge in [0.05, 0.1) is 25.1 Å². The smallest absolute Gasteiger partial charge is 0.169 e. The summed E-state index contributed by atoms with van der Waals surface area (Å²) in [6.07, 6.45) is 2.57. The lowest BCUT2D eigenvalue weighted by Gasteiger charge is -2.40. The van der Waals surface area contributed by atoms with E-state index in [1.807, 2.05) is 0 Å². The van der Waals surface area contributed by atoms with Crippen molar-refractivity contribution in [3.8, 4) is 0 Å². The lowest BCUT2D eigenvalue weighted by atomic mass is 9.89. The third-order valence-electron chi connectivity index (χ3n) is 3.90. The molecule has 1 heterocycles. The molecule has 0 amide bonds. The maximum absolute atomic E-state index is 12.5. The highest BCUT2D eigenvalue weighted by molar-refractivity contribution is 7.85. The van der Waals surface area contributed by atoms with Gasteiger partial charge in [-0.1, -0.05) is 6.92 Å². The summed E-state index contributed by atoms with van der Waals surface area (Å²) in [4.78, 5) is 0. The standard InChI is InChI=1S/C13H25NO4S/c1-3-14-11-4-5-13(17-6-7-18-13)10-12(11)19(15)9-8-16-2/h11-12,14H,3-10H2,1-2H3. The average molecular weight is 291 g/mol. The molecule has 0 bridgehead atoms. The second-order valence-corrected chi connectivity index (χ2v) is 6.91. The van der Waals surface area contributed by atoms with Gasteiger partial charge >= 0.3 is 0 Å². The Morgan fingerprint density at radius 1 is 1.42 bits per heavy atom. The Morgan fingerprint density at radius 3 is 2.79 bits per heavy atom. The van der Waals surface area contributed by atoms with Crippen molar-refractivity contribution in [3.05, 3.63) is 0 Å². The molecule has 112 valence electrons. The van der Waals surface area contributed by atoms with Gasteiger partial charge < -0.3 is 19.5 Å². The van der Waals surface area contributed by atoms with E-state index in [9.17, 15) is 4.21 Å². The first-order valence-corrected chi connectivity index (χ1v) is 8.46. The van der Waals surface area contributed by atoms with E-state index >= 15 is 0 Å². The first-order chi connectivity index (χ1) is 9.21. The molecule has 1 N–H and O–H groups in total. The maximum Gasteiger partial charge on any atom is 0.169 e. The van der Waals surface area contributed by atoms with Crippen molar-refractivity contribution in [2.24, 2.45) is 0 Å². The molecule has 2 fully saturated rings. The lowest BCUT2D eigenvalue weighted by molar-refractivity contribution is -0.178. The van der Waals surface area contributed by atoms with Gasteiger partial charge in [-0.2, -0.15) is 0 Å². The number of hydrogen-bond acceptors (Lipinski definition) is 5. The summed E-state index contributed by atoms with van der Waals surface area (Å²) in [5.74, 6) is 0.110. The molecule has 1 spiro atoms. The summed E-state index contributed by atoms with van der Waals surface area (Å²) in [6.45, 7) is 4.84. The molecule has 1 aliphatic carbocycles. The van der Waals surface area contributed by atoms with Crippen LogP contribution in [0.15, 0.2) is 0 Å². The fourth-order valence-electron chi connectivity index (χ4n) is 2.96. The molecular formula is C13H25NO4S. The van der Waals surface area contributed by atoms with Crippen LogP contribution in [0.1, 0.15) is 26.2 Å². The highest BCUT2D eigenvalue weighted by Gasteiger charge is 2.46. The van der Waals surface area contributed by atoms with Gasteiger partial charge in [0, 0.05) is 42.5 Å². The van der Waals surface area contributed by atoms with E-state index in [1.165, 1.54) is 0 Å². The Hall–Kier alpha value is -0.0100. The van der Waals surface area contributed by atoms with E-state index in [0.717, 1.165) is 25.8 Å². The van der Waals surface area contributed by atoms with Gasteiger partial charge in [-0.3, -0.25) is 4.21 Å². The Morgan fingerprint density at radius 2 is 2.16 bits per heavy atom. The molecule has 1 saturated heterocycles. The van der Waals surface area contributed by atoms with Crippen molar-refractivity contribution in [2.45, 2.75) is 43.3 Å². The van der Waals surface area contributed by atoms with E-state index in [1.54, 1.807) is 7.11 Å². The molecule has 6 heteroatoms. The SMILES string of the molecule is CCNC1CCC2(CC1S(=O)CCOC)OCCO2. The molecular weight excluding hydrogens is 266 g/mol. The minimum atomic E-state index is -0.907. The van der Waals surface area contributed by atoms with Gasteiger partial charge in [-0.15, -0.1) is 0 Å². The van der Waals surface area contributed by atoms with Gasteiger partial charge in [-0.05, 0) is 13.0 Å². The second kappa shape index (κ2) is 7.13. The van der Waals surface area contributed by atoms with Crippen molar-refractivity contribution in [1.82, 2.24) is 5.32 Å². The molecule has 1 saturated carbocycles. The van der Waals surface area contributed by atoms with E-state index < -0.39 is 16.6 Å². The van der Waals surface area contributed by atoms with Gasteiger partial charge in [0.25, 0.3) is 0 Å². The van der Waals surface area contributed by atoms with Crippen LogP contribution in [0, 0.1) is 0 Å². The largest absolute Gasteiger partial charge is 0.384 e. The van der Waals surface area contributed by atoms with Crippen LogP contribution in [0.2, 0.25) is 0 Å². The van der Waals surface area contributed by atoms with Crippen molar-refractivity contribution in [1.29, 1.82) is 0 Å². The van der Waals surface area contributed by atoms with Crippen LogP contribution in [0.4, 0.5) is 0 Å². The quantitative estimate of drug-likeness (QED) is 0.779. The van der Waals surface area contributed by atoms with Crippen LogP contribution in [-0.2, 0) is 25.0 Å². The van der Waals surface area contributed by atoms with Crippen LogP contribution < -0.4 is 5.32 Å². The third kappa shape index (κ3) is 3.76. The minimum Gasteiger partial charge on any atom is -0.384 e. The van der Waals surface area contributed by atoms with E-state index in [2.05, 4.69) is 12.2 Å². The molecule has 2 rings (SSSR count). The predicted octanol–water partition coefficient (Wildman–Crippen LogP) is 0.655. The van der Waals surface area contributed by atoms with Crippen molar-refractivity contribution in [2.75, 3.05) is 39.2 Å². The third-order valence-corrected chi connectivity index (χ3v) is 5.64. The molecule has 3 unspecified atom stereocenters. The van der Waals surface area contributed by atoms with E-state index in [-0.39, 0.29) is 5.25 Å². The normalized spacial score (nSPS) is 31.7. The summed E-state index contributed by atoms with van der Waals surface area (Å²) in [5, 5.41) is 3.54. The number of rotatable bonds is 6. The first kappa shape index (κ1) is 15.4. The van der Waals surface area contributed by atoms with Gasteiger partial charge in [0.1, 0.15) is 0 Å². The van der Waals surface area contributed by atoms with Crippen molar-refractivity contribution < 1.29 is 18.4 Å². The summed E-state index contributed by atoms with van der Waals surface area (Å²) < 4.78 is 29.1. The number of hydrogen-bond donors (Lipinski definition) is 1. The monoisotopic (exact) mass is 291 g/mol. The zero-order valence-corrected chi connectivity index (χ0v) is 12.7. The molecule has 0 radical (unpaired) electrons. The molecule has 0 aromatic rings. The molecule has 19 heavy (non-hydrogen) atoms. The van der Waals surface area contributed by atoms with Crippen LogP contribution in [-0.4, -0.2) is 60.5 Å². The summed E-state index contributed by atoms with van der Waals surface area (Å²) in [7, 11) is 0.736. The lowest BCUT2D eigenvalue weighted by Crippen LogP contribution is -2.53. The van der Waals surface area contributed by atoms with Crippen LogP contribution in [0.25, 0.3) is 0 Å². The predicted molar refractivity (Wildman–Crippen MR) is 74.6 cm³/mol. The molecule has 0 aromatic heterocycles. The summed E-state index contributed by atoms with van der Waals surface area (Å²) in [5.41, 5.74) is 0. The Balaban J connectivity index is 2.01. The molecule has 3 atom stereocenters. The highest BCUT2D eigenvalue weighted by atomic mass is 32.2. The fraction of sp³-hybridized carbons (Fsp3) is 1.00. The van der Waals surface area contributed by atoms with Gasteiger partial charge in [-0.25, -0.2) is 0 Å². The Kier molecular flexibility index (Phi) is 5.77. The van der Waals surface area contributed by atoms with Gasteiger partial charge in [0.15, 0.2) is 5.79 Å². The zero-order chi connectivity index (χ0) is 13.7. The van der Waals surface area contributed by atoms with Crippen LogP contribution >= 0.6 is 0 Å². The topological polar surface area (TPSA) is 56.8 Å². The number of ether oxygens (including phenoxy) is 3. The number of nitrogens with one attached hydrogen (secondary N) is 1. The first-order valence-electron chi connectivity index (χ1n) is 7.08. The Bertz CT molecular complexity index is 307. The van der Waals surface area contributed by atoms with Crippen LogP contribution in [0.3, 0.4) is 0 Å². The summed E-state index contributed by atoms with van der Waals surface area (Å²) >= 11 is 0. The van der Waals surface area contributed by atoms with Crippen LogP contribution in [0.5, 0.6) is 0 Å². The van der Waals surface area contributed by atoms with Gasteiger partial charge in [0.2, 0.25) is 0 Å².